The first kappa shape index (κ1) is 15.7. The Kier molecular flexibility index (Phi) is 7.72. The number of nitrogens with zero attached hydrogens (tertiary/aromatic N) is 1. The van der Waals surface area contributed by atoms with Crippen molar-refractivity contribution in [1.82, 2.24) is 4.90 Å². The van der Waals surface area contributed by atoms with E-state index in [-0.39, 0.29) is 24.4 Å². The number of carbonyl (C=O) groups excluding carboxylic acids is 1. The molecule has 0 saturated heterocycles. The number of hydrogen-bond donors (Lipinski definition) is 1. The van der Waals surface area contributed by atoms with E-state index in [2.05, 4.69) is 0 Å². The molecule has 1 fully saturated rings. The molecular weight excluding hydrogens is 228 g/mol. The van der Waals surface area contributed by atoms with Crippen LogP contribution < -0.4 is 5.73 Å². The summed E-state index contributed by atoms with van der Waals surface area (Å²) in [6.07, 6.45) is 3.05. The van der Waals surface area contributed by atoms with Crippen LogP contribution in [0.3, 0.4) is 0 Å². The number of amides is 1. The monoisotopic (exact) mass is 250 g/mol. The van der Waals surface area contributed by atoms with E-state index in [0.717, 1.165) is 12.5 Å². The molecule has 96 valence electrons. The normalized spacial score (nSPS) is 16.4. The molecule has 0 heterocycles. The molecule has 4 nitrogen and oxygen atoms in total. The summed E-state index contributed by atoms with van der Waals surface area (Å²) in [7, 11) is 1.79. The van der Waals surface area contributed by atoms with Gasteiger partial charge in [-0.1, -0.05) is 0 Å². The Morgan fingerprint density at radius 3 is 2.69 bits per heavy atom. The molecule has 0 spiro atoms. The number of nitrogens with two attached hydrogens (primary N) is 1. The van der Waals surface area contributed by atoms with E-state index in [1.807, 2.05) is 6.92 Å². The van der Waals surface area contributed by atoms with Crippen LogP contribution in [-0.2, 0) is 9.53 Å². The number of rotatable bonds is 7. The van der Waals surface area contributed by atoms with Gasteiger partial charge in [0.2, 0.25) is 5.91 Å². The standard InChI is InChI=1S/C11H22N2O2.ClH/c1-9(7-12)13(2)11(14)5-6-15-8-10-3-4-10;/h9-10H,3-8,12H2,1-2H3;1H. The van der Waals surface area contributed by atoms with Gasteiger partial charge in [0.1, 0.15) is 0 Å². The molecule has 0 aliphatic heterocycles. The molecule has 1 saturated carbocycles. The van der Waals surface area contributed by atoms with Gasteiger partial charge in [0, 0.05) is 26.2 Å². The molecular formula is C11H23ClN2O2. The summed E-state index contributed by atoms with van der Waals surface area (Å²) in [6.45, 7) is 3.81. The second kappa shape index (κ2) is 7.87. The summed E-state index contributed by atoms with van der Waals surface area (Å²) in [5.74, 6) is 0.879. The average Bonchev–Trinajstić information content (AvgIpc) is 3.05. The smallest absolute Gasteiger partial charge is 0.224 e. The Balaban J connectivity index is 0.00000225. The maximum absolute atomic E-state index is 11.6. The van der Waals surface area contributed by atoms with Gasteiger partial charge in [0.25, 0.3) is 0 Å². The highest BCUT2D eigenvalue weighted by atomic mass is 35.5. The van der Waals surface area contributed by atoms with E-state index >= 15 is 0 Å². The maximum Gasteiger partial charge on any atom is 0.224 e. The number of carbonyl (C=O) groups is 1. The molecule has 1 aliphatic carbocycles. The first-order valence-electron chi connectivity index (χ1n) is 5.68. The summed E-state index contributed by atoms with van der Waals surface area (Å²) in [4.78, 5) is 13.3. The van der Waals surface area contributed by atoms with Crippen LogP contribution in [0, 0.1) is 5.92 Å². The zero-order valence-electron chi connectivity index (χ0n) is 10.1. The molecule has 5 heteroatoms. The van der Waals surface area contributed by atoms with Crippen molar-refractivity contribution < 1.29 is 9.53 Å². The zero-order chi connectivity index (χ0) is 11.3. The first-order valence-corrected chi connectivity index (χ1v) is 5.68. The van der Waals surface area contributed by atoms with Crippen molar-refractivity contribution in [1.29, 1.82) is 0 Å². The van der Waals surface area contributed by atoms with Gasteiger partial charge < -0.3 is 15.4 Å². The van der Waals surface area contributed by atoms with Crippen molar-refractivity contribution in [3.63, 3.8) is 0 Å². The third-order valence-electron chi connectivity index (χ3n) is 2.91. The zero-order valence-corrected chi connectivity index (χ0v) is 11.0. The molecule has 0 aromatic heterocycles. The molecule has 0 radical (unpaired) electrons. The van der Waals surface area contributed by atoms with Crippen molar-refractivity contribution >= 4 is 18.3 Å². The van der Waals surface area contributed by atoms with Crippen molar-refractivity contribution in [3.05, 3.63) is 0 Å². The minimum Gasteiger partial charge on any atom is -0.381 e. The predicted molar refractivity (Wildman–Crippen MR) is 66.7 cm³/mol. The molecule has 2 N–H and O–H groups in total. The van der Waals surface area contributed by atoms with Gasteiger partial charge in [0.05, 0.1) is 13.0 Å². The van der Waals surface area contributed by atoms with Crippen LogP contribution in [0.15, 0.2) is 0 Å². The molecule has 1 aliphatic rings. The Bertz CT molecular complexity index is 210. The Morgan fingerprint density at radius 2 is 2.19 bits per heavy atom. The highest BCUT2D eigenvalue weighted by Gasteiger charge is 2.21. The van der Waals surface area contributed by atoms with Gasteiger partial charge in [-0.2, -0.15) is 0 Å². The summed E-state index contributed by atoms with van der Waals surface area (Å²) in [5, 5.41) is 0. The van der Waals surface area contributed by atoms with E-state index in [9.17, 15) is 4.79 Å². The van der Waals surface area contributed by atoms with Gasteiger partial charge in [-0.05, 0) is 25.7 Å². The van der Waals surface area contributed by atoms with Crippen LogP contribution in [0.25, 0.3) is 0 Å². The molecule has 16 heavy (non-hydrogen) atoms. The quantitative estimate of drug-likeness (QED) is 0.687. The van der Waals surface area contributed by atoms with Crippen molar-refractivity contribution in [2.45, 2.75) is 32.2 Å². The topological polar surface area (TPSA) is 55.6 Å². The predicted octanol–water partition coefficient (Wildman–Crippen LogP) is 1.03. The van der Waals surface area contributed by atoms with Crippen LogP contribution >= 0.6 is 12.4 Å². The highest BCUT2D eigenvalue weighted by molar-refractivity contribution is 5.85. The number of likely N-dealkylation sites (N-methyl/N-ethyl adjacent to an activating group) is 1. The molecule has 1 unspecified atom stereocenters. The molecule has 0 bridgehead atoms. The molecule has 1 rings (SSSR count). The summed E-state index contributed by atoms with van der Waals surface area (Å²) < 4.78 is 5.41. The third-order valence-corrected chi connectivity index (χ3v) is 2.91. The van der Waals surface area contributed by atoms with E-state index < -0.39 is 0 Å². The lowest BCUT2D eigenvalue weighted by molar-refractivity contribution is -0.132. The summed E-state index contributed by atoms with van der Waals surface area (Å²) >= 11 is 0. The van der Waals surface area contributed by atoms with E-state index in [1.54, 1.807) is 11.9 Å². The Morgan fingerprint density at radius 1 is 1.56 bits per heavy atom. The lowest BCUT2D eigenvalue weighted by Gasteiger charge is -2.23. The van der Waals surface area contributed by atoms with E-state index in [1.165, 1.54) is 12.8 Å². The molecule has 0 aromatic carbocycles. The number of ether oxygens (including phenoxy) is 1. The highest BCUT2D eigenvalue weighted by Crippen LogP contribution is 2.28. The number of hydrogen-bond acceptors (Lipinski definition) is 3. The van der Waals surface area contributed by atoms with Gasteiger partial charge in [-0.15, -0.1) is 12.4 Å². The van der Waals surface area contributed by atoms with E-state index in [0.29, 0.717) is 19.6 Å². The maximum atomic E-state index is 11.6. The van der Waals surface area contributed by atoms with Crippen molar-refractivity contribution in [2.75, 3.05) is 26.8 Å². The second-order valence-electron chi connectivity index (χ2n) is 4.36. The SMILES string of the molecule is CC(CN)N(C)C(=O)CCOCC1CC1.Cl. The van der Waals surface area contributed by atoms with Crippen LogP contribution in [0.1, 0.15) is 26.2 Å². The minimum atomic E-state index is 0. The average molecular weight is 251 g/mol. The van der Waals surface area contributed by atoms with Crippen LogP contribution in [0.2, 0.25) is 0 Å². The van der Waals surface area contributed by atoms with Crippen molar-refractivity contribution in [2.24, 2.45) is 11.7 Å². The van der Waals surface area contributed by atoms with Crippen LogP contribution in [0.5, 0.6) is 0 Å². The van der Waals surface area contributed by atoms with Crippen LogP contribution in [-0.4, -0.2) is 43.7 Å². The Hall–Kier alpha value is -0.320. The van der Waals surface area contributed by atoms with Gasteiger partial charge in [-0.3, -0.25) is 4.79 Å². The fraction of sp³-hybridized carbons (Fsp3) is 0.909. The molecule has 1 amide bonds. The van der Waals surface area contributed by atoms with Crippen molar-refractivity contribution in [3.8, 4) is 0 Å². The summed E-state index contributed by atoms with van der Waals surface area (Å²) in [5.41, 5.74) is 5.49. The summed E-state index contributed by atoms with van der Waals surface area (Å²) in [6, 6.07) is 0.112. The van der Waals surface area contributed by atoms with Gasteiger partial charge in [-0.25, -0.2) is 0 Å². The van der Waals surface area contributed by atoms with Crippen LogP contribution in [0.4, 0.5) is 0 Å². The molecule has 0 aromatic rings. The first-order chi connectivity index (χ1) is 7.15. The largest absolute Gasteiger partial charge is 0.381 e. The Labute approximate surface area is 104 Å². The van der Waals surface area contributed by atoms with E-state index in [4.69, 9.17) is 10.5 Å². The lowest BCUT2D eigenvalue weighted by Crippen LogP contribution is -2.40. The minimum absolute atomic E-state index is 0. The number of halogens is 1. The van der Waals surface area contributed by atoms with Gasteiger partial charge >= 0.3 is 0 Å². The fourth-order valence-corrected chi connectivity index (χ4v) is 1.27. The van der Waals surface area contributed by atoms with Gasteiger partial charge in [0.15, 0.2) is 0 Å². The second-order valence-corrected chi connectivity index (χ2v) is 4.36. The molecule has 1 atom stereocenters. The fourth-order valence-electron chi connectivity index (χ4n) is 1.27. The third kappa shape index (κ3) is 5.68. The lowest BCUT2D eigenvalue weighted by atomic mass is 10.3.